The van der Waals surface area contributed by atoms with E-state index in [0.717, 1.165) is 36.8 Å². The number of benzene rings is 1. The summed E-state index contributed by atoms with van der Waals surface area (Å²) in [4.78, 5) is 31.3. The maximum absolute atomic E-state index is 13.1. The van der Waals surface area contributed by atoms with Crippen molar-refractivity contribution in [1.82, 2.24) is 10.4 Å². The Kier molecular flexibility index (Phi) is 8.67. The Morgan fingerprint density at radius 1 is 1.23 bits per heavy atom. The number of nitrogens with zero attached hydrogens (tertiary/aromatic N) is 1. The minimum atomic E-state index is -0.644. The van der Waals surface area contributed by atoms with E-state index >= 15 is 0 Å². The maximum Gasteiger partial charge on any atom is 0.328 e. The van der Waals surface area contributed by atoms with Crippen LogP contribution in [-0.4, -0.2) is 42.2 Å². The van der Waals surface area contributed by atoms with Crippen LogP contribution < -0.4 is 11.1 Å². The zero-order valence-corrected chi connectivity index (χ0v) is 17.6. The molecular weight excluding hydrogens is 382 g/mol. The fourth-order valence-electron chi connectivity index (χ4n) is 4.20. The molecule has 1 aliphatic carbocycles. The summed E-state index contributed by atoms with van der Waals surface area (Å²) in [6.07, 6.45) is 5.03. The summed E-state index contributed by atoms with van der Waals surface area (Å²) in [5.41, 5.74) is 8.70. The number of carbonyl (C=O) groups excluding carboxylic acids is 2. The third-order valence-electron chi connectivity index (χ3n) is 5.75. The van der Waals surface area contributed by atoms with Gasteiger partial charge in [0, 0.05) is 5.69 Å². The predicted octanol–water partition coefficient (Wildman–Crippen LogP) is 3.21. The first-order chi connectivity index (χ1) is 13.9. The number of rotatable bonds is 7. The maximum atomic E-state index is 13.1. The van der Waals surface area contributed by atoms with E-state index in [1.165, 1.54) is 0 Å². The normalized spacial score (nSPS) is 20.3. The Morgan fingerprint density at radius 3 is 2.57 bits per heavy atom. The summed E-state index contributed by atoms with van der Waals surface area (Å²) < 4.78 is 5.67. The Hall–Kier alpha value is -2.12. The van der Waals surface area contributed by atoms with E-state index < -0.39 is 12.1 Å². The summed E-state index contributed by atoms with van der Waals surface area (Å²) >= 11 is 0. The molecule has 1 fully saturated rings. The third kappa shape index (κ3) is 5.95. The van der Waals surface area contributed by atoms with Crippen LogP contribution in [-0.2, 0) is 32.1 Å². The van der Waals surface area contributed by atoms with E-state index in [2.05, 4.69) is 5.32 Å². The Bertz CT molecular complexity index is 731. The van der Waals surface area contributed by atoms with Crippen LogP contribution in [0.5, 0.6) is 0 Å². The van der Waals surface area contributed by atoms with Gasteiger partial charge in [0.25, 0.3) is 0 Å². The van der Waals surface area contributed by atoms with Crippen LogP contribution in [0, 0.1) is 5.92 Å². The van der Waals surface area contributed by atoms with Crippen LogP contribution in [0.1, 0.15) is 64.5 Å². The van der Waals surface area contributed by atoms with E-state index in [0.29, 0.717) is 25.1 Å². The molecule has 0 saturated heterocycles. The van der Waals surface area contributed by atoms with E-state index in [-0.39, 0.29) is 31.3 Å². The second-order valence-corrected chi connectivity index (χ2v) is 8.54. The van der Waals surface area contributed by atoms with Gasteiger partial charge in [-0.2, -0.15) is 5.06 Å². The van der Waals surface area contributed by atoms with Gasteiger partial charge < -0.3 is 20.6 Å². The molecule has 7 heteroatoms. The molecule has 0 unspecified atom stereocenters. The van der Waals surface area contributed by atoms with E-state index in [1.807, 2.05) is 32.0 Å². The first-order valence-corrected chi connectivity index (χ1v) is 10.6. The molecule has 3 rings (SSSR count). The summed E-state index contributed by atoms with van der Waals surface area (Å²) in [7, 11) is 1.55. The minimum absolute atomic E-state index is 0. The molecule has 0 bridgehead atoms. The van der Waals surface area contributed by atoms with Gasteiger partial charge in [0.1, 0.15) is 18.2 Å². The van der Waals surface area contributed by atoms with Crippen molar-refractivity contribution in [2.24, 2.45) is 5.92 Å². The van der Waals surface area contributed by atoms with Crippen LogP contribution in [0.4, 0.5) is 5.69 Å². The summed E-state index contributed by atoms with van der Waals surface area (Å²) in [6, 6.07) is 4.56. The van der Waals surface area contributed by atoms with Crippen molar-refractivity contribution in [2.45, 2.75) is 84.5 Å². The van der Waals surface area contributed by atoms with Crippen LogP contribution in [0.15, 0.2) is 18.2 Å². The SMILES string of the molecule is C.CON1Cc2cc(N)ccc2C[C@H]1C(=O)N[C@@H](CC(C)C)C(=O)OC1CCCC1. The number of anilines is 1. The molecular formula is C23H37N3O4. The van der Waals surface area contributed by atoms with Crippen LogP contribution in [0.3, 0.4) is 0 Å². The molecule has 0 spiro atoms. The number of ether oxygens (including phenoxy) is 1. The lowest BCUT2D eigenvalue weighted by Crippen LogP contribution is -2.54. The van der Waals surface area contributed by atoms with Crippen molar-refractivity contribution in [2.75, 3.05) is 12.8 Å². The molecule has 1 aromatic rings. The van der Waals surface area contributed by atoms with Gasteiger partial charge >= 0.3 is 5.97 Å². The molecule has 0 radical (unpaired) electrons. The Balaban J connectivity index is 0.00000320. The third-order valence-corrected chi connectivity index (χ3v) is 5.75. The Morgan fingerprint density at radius 2 is 1.93 bits per heavy atom. The number of hydroxylamine groups is 2. The van der Waals surface area contributed by atoms with Gasteiger partial charge in [-0.05, 0) is 67.7 Å². The van der Waals surface area contributed by atoms with Crippen molar-refractivity contribution in [1.29, 1.82) is 0 Å². The number of hydrogen-bond donors (Lipinski definition) is 2. The average Bonchev–Trinajstić information content (AvgIpc) is 3.18. The molecule has 30 heavy (non-hydrogen) atoms. The van der Waals surface area contributed by atoms with Crippen LogP contribution >= 0.6 is 0 Å². The van der Waals surface area contributed by atoms with Gasteiger partial charge in [0.05, 0.1) is 13.7 Å². The molecule has 1 aromatic carbocycles. The van der Waals surface area contributed by atoms with Crippen molar-refractivity contribution in [3.63, 3.8) is 0 Å². The monoisotopic (exact) mass is 419 g/mol. The molecule has 2 atom stereocenters. The lowest BCUT2D eigenvalue weighted by molar-refractivity contribution is -0.183. The lowest BCUT2D eigenvalue weighted by Gasteiger charge is -2.35. The highest BCUT2D eigenvalue weighted by Gasteiger charge is 2.35. The van der Waals surface area contributed by atoms with E-state index in [4.69, 9.17) is 15.3 Å². The average molecular weight is 420 g/mol. The molecule has 2 aliphatic rings. The highest BCUT2D eigenvalue weighted by Crippen LogP contribution is 2.26. The first-order valence-electron chi connectivity index (χ1n) is 10.6. The van der Waals surface area contributed by atoms with Crippen LogP contribution in [0.25, 0.3) is 0 Å². The summed E-state index contributed by atoms with van der Waals surface area (Å²) in [6.45, 7) is 4.53. The number of carbonyl (C=O) groups is 2. The van der Waals surface area contributed by atoms with Crippen molar-refractivity contribution in [3.8, 4) is 0 Å². The smallest absolute Gasteiger partial charge is 0.328 e. The van der Waals surface area contributed by atoms with Gasteiger partial charge in [0.15, 0.2) is 0 Å². The Labute approximate surface area is 180 Å². The van der Waals surface area contributed by atoms with E-state index in [9.17, 15) is 9.59 Å². The molecule has 7 nitrogen and oxygen atoms in total. The largest absolute Gasteiger partial charge is 0.461 e. The van der Waals surface area contributed by atoms with Crippen molar-refractivity contribution in [3.05, 3.63) is 29.3 Å². The van der Waals surface area contributed by atoms with Gasteiger partial charge in [-0.15, -0.1) is 0 Å². The quantitative estimate of drug-likeness (QED) is 0.521. The molecule has 1 amide bonds. The highest BCUT2D eigenvalue weighted by molar-refractivity contribution is 5.88. The van der Waals surface area contributed by atoms with Gasteiger partial charge in [-0.1, -0.05) is 27.3 Å². The van der Waals surface area contributed by atoms with Crippen molar-refractivity contribution >= 4 is 17.6 Å². The zero-order valence-electron chi connectivity index (χ0n) is 17.6. The summed E-state index contributed by atoms with van der Waals surface area (Å²) in [5.74, 6) is -0.291. The molecule has 1 aliphatic heterocycles. The fourth-order valence-corrected chi connectivity index (χ4v) is 4.20. The first kappa shape index (κ1) is 24.2. The standard InChI is InChI=1S/C22H33N3O4.CH4/c1-14(2)10-19(22(27)29-18-6-4-5-7-18)24-21(26)20-12-15-8-9-17(23)11-16(15)13-25(20)28-3;/h8-9,11,14,18-20H,4-7,10,12-13,23H2,1-3H3,(H,24,26);1H4/t19-,20-;/m0./s1. The van der Waals surface area contributed by atoms with E-state index in [1.54, 1.807) is 12.2 Å². The second-order valence-electron chi connectivity index (χ2n) is 8.54. The molecule has 3 N–H and O–H groups in total. The van der Waals surface area contributed by atoms with Gasteiger partial charge in [0.2, 0.25) is 5.91 Å². The number of amides is 1. The topological polar surface area (TPSA) is 93.9 Å². The molecule has 168 valence electrons. The summed E-state index contributed by atoms with van der Waals surface area (Å²) in [5, 5.41) is 4.58. The van der Waals surface area contributed by atoms with Crippen molar-refractivity contribution < 1.29 is 19.2 Å². The predicted molar refractivity (Wildman–Crippen MR) is 117 cm³/mol. The number of nitrogens with one attached hydrogen (secondary N) is 1. The number of hydrogen-bond acceptors (Lipinski definition) is 6. The zero-order chi connectivity index (χ0) is 21.0. The number of nitrogen functional groups attached to an aromatic ring is 1. The highest BCUT2D eigenvalue weighted by atomic mass is 16.7. The number of fused-ring (bicyclic) bond motifs is 1. The van der Waals surface area contributed by atoms with Gasteiger partial charge in [-0.3, -0.25) is 4.79 Å². The number of esters is 1. The van der Waals surface area contributed by atoms with Gasteiger partial charge in [-0.25, -0.2) is 4.79 Å². The lowest BCUT2D eigenvalue weighted by atomic mass is 9.94. The molecule has 1 saturated carbocycles. The molecule has 1 heterocycles. The second kappa shape index (κ2) is 10.8. The molecule has 0 aromatic heterocycles. The minimum Gasteiger partial charge on any atom is -0.461 e. The van der Waals surface area contributed by atoms with Crippen LogP contribution in [0.2, 0.25) is 0 Å². The number of nitrogens with two attached hydrogens (primary N) is 1. The fraction of sp³-hybridized carbons (Fsp3) is 0.652.